The number of hydrogen-bond donors (Lipinski definition) is 2. The molecule has 1 aromatic heterocycles. The zero-order valence-electron chi connectivity index (χ0n) is 9.52. The van der Waals surface area contributed by atoms with Gasteiger partial charge in [-0.25, -0.2) is 9.37 Å². The van der Waals surface area contributed by atoms with Crippen LogP contribution < -0.4 is 11.1 Å². The fourth-order valence-electron chi connectivity index (χ4n) is 1.68. The van der Waals surface area contributed by atoms with Crippen LogP contribution in [-0.4, -0.2) is 4.98 Å². The quantitative estimate of drug-likeness (QED) is 0.853. The van der Waals surface area contributed by atoms with Crippen molar-refractivity contribution in [2.24, 2.45) is 0 Å². The molecule has 3 nitrogen and oxygen atoms in total. The molecule has 88 valence electrons. The molecule has 0 saturated heterocycles. The van der Waals surface area contributed by atoms with Gasteiger partial charge in [0.15, 0.2) is 0 Å². The highest BCUT2D eigenvalue weighted by Gasteiger charge is 2.11. The van der Waals surface area contributed by atoms with Crippen LogP contribution in [0.25, 0.3) is 0 Å². The van der Waals surface area contributed by atoms with E-state index in [1.54, 1.807) is 24.4 Å². The third-order valence-electron chi connectivity index (χ3n) is 2.58. The summed E-state index contributed by atoms with van der Waals surface area (Å²) >= 11 is 0. The lowest BCUT2D eigenvalue weighted by Crippen LogP contribution is -2.10. The Morgan fingerprint density at radius 3 is 2.71 bits per heavy atom. The average Bonchev–Trinajstić information content (AvgIpc) is 2.32. The second-order valence-corrected chi connectivity index (χ2v) is 3.82. The molecular formula is C13H14FN3. The lowest BCUT2D eigenvalue weighted by molar-refractivity contribution is 0.600. The second-order valence-electron chi connectivity index (χ2n) is 3.82. The first-order valence-electron chi connectivity index (χ1n) is 5.40. The van der Waals surface area contributed by atoms with Crippen molar-refractivity contribution in [3.8, 4) is 0 Å². The highest BCUT2D eigenvalue weighted by Crippen LogP contribution is 2.23. The Labute approximate surface area is 99.5 Å². The molecule has 4 heteroatoms. The number of aromatic nitrogens is 1. The number of nitrogens with zero attached hydrogens (tertiary/aromatic N) is 1. The van der Waals surface area contributed by atoms with Crippen molar-refractivity contribution < 1.29 is 4.39 Å². The van der Waals surface area contributed by atoms with E-state index in [9.17, 15) is 4.39 Å². The van der Waals surface area contributed by atoms with E-state index in [4.69, 9.17) is 5.73 Å². The number of halogens is 1. The molecule has 0 spiro atoms. The number of rotatable bonds is 3. The maximum atomic E-state index is 13.6. The highest BCUT2D eigenvalue weighted by molar-refractivity contribution is 5.61. The molecule has 2 aromatic rings. The van der Waals surface area contributed by atoms with Gasteiger partial charge in [-0.2, -0.15) is 0 Å². The Morgan fingerprint density at radius 2 is 2.00 bits per heavy atom. The number of nitrogen functional groups attached to an aromatic ring is 1. The Hall–Kier alpha value is -2.10. The Kier molecular flexibility index (Phi) is 3.23. The molecule has 1 atom stereocenters. The summed E-state index contributed by atoms with van der Waals surface area (Å²) < 4.78 is 13.6. The smallest absolute Gasteiger partial charge is 0.146 e. The number of nitrogens with two attached hydrogens (primary N) is 1. The molecule has 0 aliphatic carbocycles. The standard InChI is InChI=1S/C13H14FN3/c1-9(10-5-2-3-6-11(10)14)17-12-7-4-8-16-13(12)15/h2-9,17H,1H3,(H2,15,16). The molecule has 3 N–H and O–H groups in total. The first kappa shape index (κ1) is 11.4. The highest BCUT2D eigenvalue weighted by atomic mass is 19.1. The van der Waals surface area contributed by atoms with Gasteiger partial charge in [-0.3, -0.25) is 0 Å². The summed E-state index contributed by atoms with van der Waals surface area (Å²) in [5.41, 5.74) is 7.04. The molecule has 0 fully saturated rings. The van der Waals surface area contributed by atoms with E-state index >= 15 is 0 Å². The molecule has 0 amide bonds. The van der Waals surface area contributed by atoms with Crippen molar-refractivity contribution in [3.63, 3.8) is 0 Å². The van der Waals surface area contributed by atoms with Crippen LogP contribution in [0.4, 0.5) is 15.9 Å². The first-order valence-corrected chi connectivity index (χ1v) is 5.40. The molecule has 0 aliphatic rings. The number of nitrogens with one attached hydrogen (secondary N) is 1. The number of anilines is 2. The minimum absolute atomic E-state index is 0.164. The summed E-state index contributed by atoms with van der Waals surface area (Å²) in [5.74, 6) is 0.186. The van der Waals surface area contributed by atoms with Crippen LogP contribution in [-0.2, 0) is 0 Å². The average molecular weight is 231 g/mol. The summed E-state index contributed by atoms with van der Waals surface area (Å²) in [4.78, 5) is 3.97. The van der Waals surface area contributed by atoms with E-state index in [2.05, 4.69) is 10.3 Å². The SMILES string of the molecule is CC(Nc1cccnc1N)c1ccccc1F. The van der Waals surface area contributed by atoms with E-state index in [1.807, 2.05) is 19.1 Å². The monoisotopic (exact) mass is 231 g/mol. The summed E-state index contributed by atoms with van der Waals surface area (Å²) in [6.07, 6.45) is 1.62. The number of hydrogen-bond acceptors (Lipinski definition) is 3. The minimum atomic E-state index is -0.227. The van der Waals surface area contributed by atoms with Gasteiger partial charge in [-0.05, 0) is 25.1 Å². The van der Waals surface area contributed by atoms with Crippen molar-refractivity contribution in [1.82, 2.24) is 4.98 Å². The van der Waals surface area contributed by atoms with Gasteiger partial charge in [0.25, 0.3) is 0 Å². The van der Waals surface area contributed by atoms with Crippen LogP contribution in [0, 0.1) is 5.82 Å². The largest absolute Gasteiger partial charge is 0.382 e. The number of benzene rings is 1. The van der Waals surface area contributed by atoms with Crippen molar-refractivity contribution in [2.45, 2.75) is 13.0 Å². The number of pyridine rings is 1. The molecule has 2 rings (SSSR count). The van der Waals surface area contributed by atoms with Gasteiger partial charge in [0.05, 0.1) is 11.7 Å². The summed E-state index contributed by atoms with van der Waals surface area (Å²) in [7, 11) is 0. The third kappa shape index (κ3) is 2.53. The van der Waals surface area contributed by atoms with Crippen LogP contribution >= 0.6 is 0 Å². The molecule has 1 aromatic carbocycles. The van der Waals surface area contributed by atoms with Gasteiger partial charge in [0, 0.05) is 11.8 Å². The fourth-order valence-corrected chi connectivity index (χ4v) is 1.68. The molecule has 1 unspecified atom stereocenters. The van der Waals surface area contributed by atoms with Gasteiger partial charge < -0.3 is 11.1 Å². The minimum Gasteiger partial charge on any atom is -0.382 e. The van der Waals surface area contributed by atoms with Gasteiger partial charge in [-0.1, -0.05) is 18.2 Å². The second kappa shape index (κ2) is 4.82. The Morgan fingerprint density at radius 1 is 1.24 bits per heavy atom. The van der Waals surface area contributed by atoms with E-state index in [0.717, 1.165) is 0 Å². The lowest BCUT2D eigenvalue weighted by atomic mass is 10.1. The maximum absolute atomic E-state index is 13.6. The van der Waals surface area contributed by atoms with Crippen molar-refractivity contribution in [1.29, 1.82) is 0 Å². The molecule has 0 saturated carbocycles. The summed E-state index contributed by atoms with van der Waals surface area (Å²) in [6.45, 7) is 1.88. The molecule has 1 heterocycles. The van der Waals surface area contributed by atoms with Crippen LogP contribution in [0.5, 0.6) is 0 Å². The van der Waals surface area contributed by atoms with Crippen molar-refractivity contribution >= 4 is 11.5 Å². The maximum Gasteiger partial charge on any atom is 0.146 e. The van der Waals surface area contributed by atoms with E-state index in [1.165, 1.54) is 6.07 Å². The van der Waals surface area contributed by atoms with Gasteiger partial charge >= 0.3 is 0 Å². The molecular weight excluding hydrogens is 217 g/mol. The van der Waals surface area contributed by atoms with Crippen LogP contribution in [0.2, 0.25) is 0 Å². The van der Waals surface area contributed by atoms with Crippen molar-refractivity contribution in [2.75, 3.05) is 11.1 Å². The Bertz CT molecular complexity index is 514. The van der Waals surface area contributed by atoms with Crippen molar-refractivity contribution in [3.05, 3.63) is 54.0 Å². The predicted octanol–water partition coefficient (Wildman–Crippen LogP) is 2.98. The normalized spacial score (nSPS) is 12.1. The predicted molar refractivity (Wildman–Crippen MR) is 67.1 cm³/mol. The zero-order chi connectivity index (χ0) is 12.3. The topological polar surface area (TPSA) is 50.9 Å². The molecule has 0 aliphatic heterocycles. The molecule has 0 bridgehead atoms. The zero-order valence-corrected chi connectivity index (χ0v) is 9.52. The van der Waals surface area contributed by atoms with E-state index in [-0.39, 0.29) is 11.9 Å². The van der Waals surface area contributed by atoms with Gasteiger partial charge in [0.2, 0.25) is 0 Å². The lowest BCUT2D eigenvalue weighted by Gasteiger charge is -2.17. The van der Waals surface area contributed by atoms with E-state index in [0.29, 0.717) is 17.1 Å². The van der Waals surface area contributed by atoms with Gasteiger partial charge in [0.1, 0.15) is 11.6 Å². The molecule has 17 heavy (non-hydrogen) atoms. The first-order chi connectivity index (χ1) is 8.18. The molecule has 0 radical (unpaired) electrons. The van der Waals surface area contributed by atoms with Crippen LogP contribution in [0.3, 0.4) is 0 Å². The van der Waals surface area contributed by atoms with Gasteiger partial charge in [-0.15, -0.1) is 0 Å². The summed E-state index contributed by atoms with van der Waals surface area (Å²) in [5, 5.41) is 3.14. The van der Waals surface area contributed by atoms with Crippen LogP contribution in [0.15, 0.2) is 42.6 Å². The Balaban J connectivity index is 2.20. The third-order valence-corrected chi connectivity index (χ3v) is 2.58. The van der Waals surface area contributed by atoms with Crippen LogP contribution in [0.1, 0.15) is 18.5 Å². The van der Waals surface area contributed by atoms with E-state index < -0.39 is 0 Å². The summed E-state index contributed by atoms with van der Waals surface area (Å²) in [6, 6.07) is 10.1. The fraction of sp³-hybridized carbons (Fsp3) is 0.154.